The molecule has 0 amide bonds. The molecule has 0 N–H and O–H groups in total. The van der Waals surface area contributed by atoms with Crippen molar-refractivity contribution >= 4 is 23.5 Å². The smallest absolute Gasteiger partial charge is 0.232 e. The van der Waals surface area contributed by atoms with Crippen LogP contribution in [0.25, 0.3) is 0 Å². The van der Waals surface area contributed by atoms with Gasteiger partial charge in [-0.25, -0.2) is 0 Å². The van der Waals surface area contributed by atoms with E-state index in [1.54, 1.807) is 6.92 Å². The molecule has 0 aromatic carbocycles. The van der Waals surface area contributed by atoms with Gasteiger partial charge in [-0.3, -0.25) is 0 Å². The molecule has 0 radical (unpaired) electrons. The number of nitriles is 1. The molecule has 1 saturated heterocycles. The predicted octanol–water partition coefficient (Wildman–Crippen LogP) is 2.74. The molecule has 21 heavy (non-hydrogen) atoms. The van der Waals surface area contributed by atoms with Crippen molar-refractivity contribution in [2.45, 2.75) is 30.8 Å². The van der Waals surface area contributed by atoms with Crippen molar-refractivity contribution in [3.63, 3.8) is 0 Å². The summed E-state index contributed by atoms with van der Waals surface area (Å²) in [5, 5.41) is 17.8. The molecule has 1 aliphatic rings. The Morgan fingerprint density at radius 2 is 2.10 bits per heavy atom. The molecule has 0 saturated carbocycles. The Morgan fingerprint density at radius 3 is 2.86 bits per heavy atom. The molecular formula is C13H14N4O2S2. The minimum absolute atomic E-state index is 0.260. The second-order valence-electron chi connectivity index (χ2n) is 4.76. The van der Waals surface area contributed by atoms with Gasteiger partial charge in [-0.2, -0.15) is 22.0 Å². The maximum atomic E-state index is 9.09. The van der Waals surface area contributed by atoms with Crippen molar-refractivity contribution < 1.29 is 9.05 Å². The topological polar surface area (TPSA) is 88.7 Å². The van der Waals surface area contributed by atoms with Crippen LogP contribution >= 0.6 is 23.5 Å². The lowest BCUT2D eigenvalue weighted by Gasteiger charge is -2.24. The summed E-state index contributed by atoms with van der Waals surface area (Å²) in [5.41, 5.74) is 0.995. The number of aromatic nitrogens is 3. The molecule has 2 aromatic heterocycles. The van der Waals surface area contributed by atoms with Gasteiger partial charge in [0.25, 0.3) is 0 Å². The predicted molar refractivity (Wildman–Crippen MR) is 80.2 cm³/mol. The third kappa shape index (κ3) is 2.94. The Labute approximate surface area is 130 Å². The van der Waals surface area contributed by atoms with Gasteiger partial charge in [0, 0.05) is 16.8 Å². The highest BCUT2D eigenvalue weighted by atomic mass is 32.2. The fraction of sp³-hybridized carbons (Fsp3) is 0.538. The lowest BCUT2D eigenvalue weighted by atomic mass is 10.2. The monoisotopic (exact) mass is 322 g/mol. The second-order valence-corrected chi connectivity index (χ2v) is 7.50. The summed E-state index contributed by atoms with van der Waals surface area (Å²) in [5.74, 6) is 3.98. The second kappa shape index (κ2) is 6.12. The van der Waals surface area contributed by atoms with E-state index in [9.17, 15) is 0 Å². The molecule has 2 atom stereocenters. The lowest BCUT2D eigenvalue weighted by molar-refractivity contribution is 0.368. The minimum Gasteiger partial charge on any atom is -0.360 e. The fourth-order valence-corrected chi connectivity index (χ4v) is 4.88. The highest BCUT2D eigenvalue weighted by Gasteiger charge is 2.28. The van der Waals surface area contributed by atoms with Crippen LogP contribution in [0.4, 0.5) is 0 Å². The van der Waals surface area contributed by atoms with Crippen LogP contribution in [-0.2, 0) is 6.42 Å². The summed E-state index contributed by atoms with van der Waals surface area (Å²) < 4.78 is 10.3. The first kappa shape index (κ1) is 14.5. The van der Waals surface area contributed by atoms with Crippen LogP contribution in [0.2, 0.25) is 0 Å². The zero-order chi connectivity index (χ0) is 14.8. The van der Waals surface area contributed by atoms with Gasteiger partial charge in [0.1, 0.15) is 17.3 Å². The molecule has 2 aromatic rings. The normalized spacial score (nSPS) is 22.1. The van der Waals surface area contributed by atoms with Crippen LogP contribution in [0.5, 0.6) is 0 Å². The van der Waals surface area contributed by atoms with E-state index in [0.29, 0.717) is 34.6 Å². The van der Waals surface area contributed by atoms with E-state index in [1.165, 1.54) is 0 Å². The largest absolute Gasteiger partial charge is 0.360 e. The summed E-state index contributed by atoms with van der Waals surface area (Å²) in [6.07, 6.45) is 0.326. The summed E-state index contributed by atoms with van der Waals surface area (Å²) in [6.45, 7) is 3.90. The Kier molecular flexibility index (Phi) is 4.22. The Morgan fingerprint density at radius 1 is 1.29 bits per heavy atom. The van der Waals surface area contributed by atoms with E-state index in [0.717, 1.165) is 17.3 Å². The van der Waals surface area contributed by atoms with Crippen LogP contribution < -0.4 is 0 Å². The lowest BCUT2D eigenvalue weighted by Crippen LogP contribution is -2.16. The number of hydrogen-bond donors (Lipinski definition) is 0. The van der Waals surface area contributed by atoms with Crippen molar-refractivity contribution in [1.29, 1.82) is 5.26 Å². The molecule has 0 bridgehead atoms. The Hall–Kier alpha value is -1.46. The van der Waals surface area contributed by atoms with Crippen molar-refractivity contribution in [3.05, 3.63) is 28.7 Å². The number of aryl methyl sites for hydroxylation is 1. The van der Waals surface area contributed by atoms with Crippen molar-refractivity contribution in [3.8, 4) is 6.07 Å². The average molecular weight is 322 g/mol. The molecule has 2 unspecified atom stereocenters. The third-order valence-corrected chi connectivity index (χ3v) is 6.38. The van der Waals surface area contributed by atoms with Gasteiger partial charge in [0.05, 0.1) is 11.7 Å². The number of nitrogens with zero attached hydrogens (tertiary/aromatic N) is 4. The van der Waals surface area contributed by atoms with Gasteiger partial charge < -0.3 is 9.05 Å². The van der Waals surface area contributed by atoms with E-state index in [2.05, 4.69) is 28.3 Å². The average Bonchev–Trinajstić information content (AvgIpc) is 3.07. The summed E-state index contributed by atoms with van der Waals surface area (Å²) in [6, 6.07) is 2.09. The van der Waals surface area contributed by atoms with Crippen molar-refractivity contribution in [2.75, 3.05) is 11.5 Å². The highest BCUT2D eigenvalue weighted by molar-refractivity contribution is 8.06. The maximum absolute atomic E-state index is 9.09. The van der Waals surface area contributed by atoms with Crippen LogP contribution in [0.15, 0.2) is 9.05 Å². The molecule has 8 heteroatoms. The van der Waals surface area contributed by atoms with Crippen LogP contribution in [0.1, 0.15) is 40.9 Å². The fourth-order valence-electron chi connectivity index (χ4n) is 2.20. The molecule has 3 rings (SSSR count). The zero-order valence-corrected chi connectivity index (χ0v) is 13.3. The van der Waals surface area contributed by atoms with Gasteiger partial charge in [-0.1, -0.05) is 17.2 Å². The summed E-state index contributed by atoms with van der Waals surface area (Å²) >= 11 is 3.79. The molecule has 0 spiro atoms. The molecule has 110 valence electrons. The zero-order valence-electron chi connectivity index (χ0n) is 11.7. The van der Waals surface area contributed by atoms with E-state index in [-0.39, 0.29) is 5.25 Å². The molecular weight excluding hydrogens is 308 g/mol. The number of rotatable bonds is 3. The summed E-state index contributed by atoms with van der Waals surface area (Å²) in [7, 11) is 0. The van der Waals surface area contributed by atoms with Crippen LogP contribution in [-0.4, -0.2) is 32.1 Å². The van der Waals surface area contributed by atoms with Gasteiger partial charge >= 0.3 is 0 Å². The molecule has 6 nitrogen and oxygen atoms in total. The van der Waals surface area contributed by atoms with Gasteiger partial charge in [-0.05, 0) is 6.92 Å². The van der Waals surface area contributed by atoms with Crippen LogP contribution in [0, 0.1) is 18.3 Å². The molecule has 1 aliphatic heterocycles. The molecule has 0 aliphatic carbocycles. The first-order chi connectivity index (χ1) is 10.2. The maximum Gasteiger partial charge on any atom is 0.232 e. The van der Waals surface area contributed by atoms with Crippen LogP contribution in [0.3, 0.4) is 0 Å². The Bertz CT molecular complexity index is 676. The summed E-state index contributed by atoms with van der Waals surface area (Å²) in [4.78, 5) is 4.46. The van der Waals surface area contributed by atoms with E-state index in [1.807, 2.05) is 23.5 Å². The highest BCUT2D eigenvalue weighted by Crippen LogP contribution is 2.41. The Balaban J connectivity index is 1.77. The third-order valence-electron chi connectivity index (χ3n) is 3.29. The standard InChI is InChI=1S/C13H14N4O2S2/c1-7-9(6-14)10(16-18-7)5-11-15-13(17-19-11)12-8(2)20-3-4-21-12/h8,12H,3-5H2,1-2H3. The van der Waals surface area contributed by atoms with E-state index in [4.69, 9.17) is 14.3 Å². The van der Waals surface area contributed by atoms with E-state index < -0.39 is 0 Å². The van der Waals surface area contributed by atoms with Gasteiger partial charge in [0.2, 0.25) is 5.89 Å². The quantitative estimate of drug-likeness (QED) is 0.852. The van der Waals surface area contributed by atoms with E-state index >= 15 is 0 Å². The number of hydrogen-bond acceptors (Lipinski definition) is 8. The first-order valence-electron chi connectivity index (χ1n) is 6.60. The SMILES string of the molecule is Cc1onc(Cc2nc(C3SCCSC3C)no2)c1C#N. The van der Waals surface area contributed by atoms with Crippen molar-refractivity contribution in [1.82, 2.24) is 15.3 Å². The van der Waals surface area contributed by atoms with Gasteiger partial charge in [-0.15, -0.1) is 11.8 Å². The number of thioether (sulfide) groups is 2. The minimum atomic E-state index is 0.260. The first-order valence-corrected chi connectivity index (χ1v) is 8.69. The molecule has 1 fully saturated rings. The van der Waals surface area contributed by atoms with Crippen molar-refractivity contribution in [2.24, 2.45) is 0 Å². The van der Waals surface area contributed by atoms with Gasteiger partial charge in [0.15, 0.2) is 11.6 Å². The molecule has 3 heterocycles.